The second kappa shape index (κ2) is 10.4. The van der Waals surface area contributed by atoms with Crippen molar-refractivity contribution in [3.63, 3.8) is 0 Å². The Morgan fingerprint density at radius 1 is 0.604 bits per heavy atom. The number of aromatic amines is 2. The normalized spacial score (nSPS) is 12.7. The fourth-order valence-electron chi connectivity index (χ4n) is 5.93. The minimum Gasteiger partial charge on any atom is -0.506 e. The van der Waals surface area contributed by atoms with Crippen LogP contribution in [0.5, 0.6) is 11.5 Å². The summed E-state index contributed by atoms with van der Waals surface area (Å²) in [4.78, 5) is 57.6. The summed E-state index contributed by atoms with van der Waals surface area (Å²) in [5, 5.41) is 30.8. The summed E-state index contributed by atoms with van der Waals surface area (Å²) in [7, 11) is -10.4. The summed E-state index contributed by atoms with van der Waals surface area (Å²) in [5.74, 6) is -2.30. The molecule has 0 amide bonds. The summed E-state index contributed by atoms with van der Waals surface area (Å²) in [6, 6.07) is 7.83. The summed E-state index contributed by atoms with van der Waals surface area (Å²) in [6.45, 7) is 0. The fourth-order valence-corrected chi connectivity index (χ4v) is 7.71. The summed E-state index contributed by atoms with van der Waals surface area (Å²) >= 11 is 0.0703. The number of phenols is 2. The molecule has 1 aromatic heterocycles. The van der Waals surface area contributed by atoms with Gasteiger partial charge in [0.15, 0.2) is 27.3 Å². The fraction of sp³-hybridized carbons (Fsp3) is 0. The van der Waals surface area contributed by atoms with Crippen molar-refractivity contribution in [3.8, 4) is 11.5 Å². The minimum atomic E-state index is -5.47. The topological polar surface area (TPSA) is 284 Å². The number of hydrogen-bond acceptors (Lipinski definition) is 14. The third kappa shape index (κ3) is 4.29. The lowest BCUT2D eigenvalue weighted by molar-refractivity contribution is -0.432. The van der Waals surface area contributed by atoms with Crippen molar-refractivity contribution < 1.29 is 60.8 Å². The number of aromatic nitrogens is 2. The van der Waals surface area contributed by atoms with E-state index < -0.39 is 123 Å². The lowest BCUT2D eigenvalue weighted by atomic mass is 9.98. The molecule has 0 radical (unpaired) electrons. The van der Waals surface area contributed by atoms with Crippen LogP contribution in [0.1, 0.15) is 0 Å². The first-order valence-corrected chi connectivity index (χ1v) is 16.6. The van der Waals surface area contributed by atoms with Gasteiger partial charge in [-0.15, -0.1) is 4.33 Å². The number of benzene rings is 6. The SMILES string of the molecule is O=c1c2ccc(S(=O)(=O)O)cc2c(=O)c2c1c(O)c(SOOO)c1[nH+]c3c([nH+]c12)c(S(=O)(=O)O)c(O)c1c(=O)c2ccccc2c(=O)c13. The Kier molecular flexibility index (Phi) is 6.81. The molecular weight excluding hydrogens is 701 g/mol. The highest BCUT2D eigenvalue weighted by Gasteiger charge is 2.38. The third-order valence-corrected chi connectivity index (χ3v) is 10.3. The van der Waals surface area contributed by atoms with Gasteiger partial charge < -0.3 is 10.2 Å². The van der Waals surface area contributed by atoms with E-state index in [0.29, 0.717) is 6.07 Å². The first-order chi connectivity index (χ1) is 22.6. The van der Waals surface area contributed by atoms with Gasteiger partial charge in [0.25, 0.3) is 26.7 Å². The minimum absolute atomic E-state index is 0.0703. The Balaban J connectivity index is 1.85. The maximum Gasteiger partial charge on any atom is 0.305 e. The predicted octanol–water partition coefficient (Wildman–Crippen LogP) is 0.883. The summed E-state index contributed by atoms with van der Waals surface area (Å²) < 4.78 is 73.4. The van der Waals surface area contributed by atoms with E-state index in [0.717, 1.165) is 12.1 Å². The van der Waals surface area contributed by atoms with Crippen LogP contribution < -0.4 is 31.7 Å². The second-order valence-electron chi connectivity index (χ2n) is 10.4. The van der Waals surface area contributed by atoms with E-state index in [1.165, 1.54) is 24.3 Å². The van der Waals surface area contributed by atoms with Gasteiger partial charge in [-0.1, -0.05) is 29.3 Å². The Morgan fingerprint density at radius 2 is 1.10 bits per heavy atom. The van der Waals surface area contributed by atoms with Crippen LogP contribution in [0.2, 0.25) is 0 Å². The summed E-state index contributed by atoms with van der Waals surface area (Å²) in [6.07, 6.45) is 0. The monoisotopic (exact) mass is 714 g/mol. The van der Waals surface area contributed by atoms with Crippen LogP contribution in [0.25, 0.3) is 65.2 Å². The van der Waals surface area contributed by atoms with Crippen molar-refractivity contribution in [2.75, 3.05) is 0 Å². The van der Waals surface area contributed by atoms with Crippen molar-refractivity contribution in [1.29, 1.82) is 0 Å². The zero-order chi connectivity index (χ0) is 34.6. The molecule has 0 aliphatic carbocycles. The van der Waals surface area contributed by atoms with Crippen molar-refractivity contribution >= 4 is 97.4 Å². The molecule has 17 nitrogen and oxygen atoms in total. The Hall–Kier alpha value is -5.19. The average molecular weight is 715 g/mol. The zero-order valence-corrected chi connectivity index (χ0v) is 25.5. The maximum absolute atomic E-state index is 14.0. The number of rotatable bonds is 5. The van der Waals surface area contributed by atoms with E-state index in [4.69, 9.17) is 5.26 Å². The molecule has 0 atom stereocenters. The van der Waals surface area contributed by atoms with Crippen molar-refractivity contribution in [1.82, 2.24) is 0 Å². The molecule has 0 fully saturated rings. The Bertz CT molecular complexity index is 3100. The quantitative estimate of drug-likeness (QED) is 0.0413. The maximum atomic E-state index is 14.0. The first-order valence-electron chi connectivity index (χ1n) is 13.0. The summed E-state index contributed by atoms with van der Waals surface area (Å²) in [5.41, 5.74) is -6.40. The number of hydrogen-bond donors (Lipinski definition) is 5. The van der Waals surface area contributed by atoms with Crippen molar-refractivity contribution in [3.05, 3.63) is 83.4 Å². The van der Waals surface area contributed by atoms with Gasteiger partial charge in [-0.2, -0.15) is 26.8 Å². The Morgan fingerprint density at radius 3 is 1.67 bits per heavy atom. The van der Waals surface area contributed by atoms with E-state index >= 15 is 0 Å². The molecule has 48 heavy (non-hydrogen) atoms. The van der Waals surface area contributed by atoms with Gasteiger partial charge in [-0.25, -0.2) is 5.26 Å². The van der Waals surface area contributed by atoms with Crippen molar-refractivity contribution in [2.45, 2.75) is 14.7 Å². The average Bonchev–Trinajstić information content (AvgIpc) is 3.03. The van der Waals surface area contributed by atoms with Gasteiger partial charge in [0, 0.05) is 21.5 Å². The van der Waals surface area contributed by atoms with Gasteiger partial charge in [0.2, 0.25) is 15.8 Å². The largest absolute Gasteiger partial charge is 0.506 e. The third-order valence-electron chi connectivity index (χ3n) is 7.87. The molecule has 0 aliphatic heterocycles. The molecule has 0 spiro atoms. The van der Waals surface area contributed by atoms with E-state index in [1.54, 1.807) is 0 Å². The molecular formula is C28H14N2O15S3+2. The van der Waals surface area contributed by atoms with Gasteiger partial charge in [-0.05, 0) is 18.2 Å². The van der Waals surface area contributed by atoms with Crippen LogP contribution in [-0.4, -0.2) is 41.4 Å². The molecule has 20 heteroatoms. The second-order valence-corrected chi connectivity index (χ2v) is 13.8. The number of aromatic hydroxyl groups is 2. The predicted molar refractivity (Wildman–Crippen MR) is 166 cm³/mol. The van der Waals surface area contributed by atoms with Gasteiger partial charge in [0.05, 0.1) is 27.7 Å². The molecule has 0 saturated heterocycles. The highest BCUT2D eigenvalue weighted by Crippen LogP contribution is 2.41. The van der Waals surface area contributed by atoms with E-state index in [1.807, 2.05) is 0 Å². The smallest absolute Gasteiger partial charge is 0.305 e. The highest BCUT2D eigenvalue weighted by atomic mass is 32.2. The van der Waals surface area contributed by atoms with Crippen LogP contribution in [0.3, 0.4) is 0 Å². The molecule has 7 N–H and O–H groups in total. The molecule has 0 bridgehead atoms. The molecule has 6 aromatic carbocycles. The number of phenolic OH excluding ortho intramolecular Hbond substituents is 2. The molecule has 0 saturated carbocycles. The molecule has 0 unspecified atom stereocenters. The standard InChI is InChI=1S/C28H12N2O15S3/c31-21-9-3-1-2-4-10(9)22(32)16-14(21)18-20(28(26(16)36)48(41,42)43)30-17-13-15(25(35)27(19(17)29-18)46-45-44-37)23(33)11-6-5-8(47(38,39)40)7-12(11)24(13)34/h1-7,35-37H,(H,38,39,40)(H,41,42,43)/p+2. The molecule has 7 aromatic rings. The number of H-pyrrole nitrogens is 2. The number of nitrogens with one attached hydrogen (secondary N) is 2. The van der Waals surface area contributed by atoms with Crippen LogP contribution >= 0.6 is 12.0 Å². The van der Waals surface area contributed by atoms with E-state index in [9.17, 15) is 55.3 Å². The van der Waals surface area contributed by atoms with Crippen molar-refractivity contribution in [2.24, 2.45) is 0 Å². The molecule has 0 aliphatic rings. The molecule has 1 heterocycles. The van der Waals surface area contributed by atoms with Gasteiger partial charge in [-0.3, -0.25) is 28.3 Å². The Labute approximate surface area is 267 Å². The van der Waals surface area contributed by atoms with Crippen LogP contribution in [0.15, 0.2) is 76.3 Å². The lowest BCUT2D eigenvalue weighted by Gasteiger charge is -2.09. The van der Waals surface area contributed by atoms with E-state index in [2.05, 4.69) is 19.3 Å². The van der Waals surface area contributed by atoms with Gasteiger partial charge >= 0.3 is 15.6 Å². The molecule has 242 valence electrons. The van der Waals surface area contributed by atoms with Crippen LogP contribution in [-0.2, 0) is 29.6 Å². The van der Waals surface area contributed by atoms with Crippen LogP contribution in [0.4, 0.5) is 0 Å². The van der Waals surface area contributed by atoms with Gasteiger partial charge in [0.1, 0.15) is 10.8 Å². The highest BCUT2D eigenvalue weighted by molar-refractivity contribution is 7.95. The van der Waals surface area contributed by atoms with E-state index in [-0.39, 0.29) is 22.8 Å². The first kappa shape index (κ1) is 31.4. The zero-order valence-electron chi connectivity index (χ0n) is 23.1. The molecule has 7 rings (SSSR count). The van der Waals surface area contributed by atoms with Crippen LogP contribution in [0, 0.1) is 0 Å². The lowest BCUT2D eigenvalue weighted by Crippen LogP contribution is -2.26. The number of fused-ring (bicyclic) bond motifs is 8.